The Balaban J connectivity index is 2.13. The highest BCUT2D eigenvalue weighted by Crippen LogP contribution is 2.35. The molecule has 1 aromatic carbocycles. The number of halogens is 1. The topological polar surface area (TPSA) is 41.1 Å². The summed E-state index contributed by atoms with van der Waals surface area (Å²) in [6.45, 7) is 5.87. The van der Waals surface area contributed by atoms with Crippen molar-refractivity contribution in [2.24, 2.45) is 11.3 Å². The second-order valence-corrected chi connectivity index (χ2v) is 5.64. The lowest BCUT2D eigenvalue weighted by Gasteiger charge is -2.31. The van der Waals surface area contributed by atoms with E-state index in [-0.39, 0.29) is 11.3 Å². The number of anilines is 1. The van der Waals surface area contributed by atoms with Gasteiger partial charge in [0.15, 0.2) is 0 Å². The number of amides is 1. The average Bonchev–Trinajstić information content (AvgIpc) is 2.82. The Morgan fingerprint density at radius 3 is 2.56 bits per heavy atom. The molecule has 18 heavy (non-hydrogen) atoms. The number of nitrogens with one attached hydrogen (secondary N) is 2. The van der Waals surface area contributed by atoms with Crippen molar-refractivity contribution in [2.45, 2.75) is 20.3 Å². The zero-order valence-corrected chi connectivity index (χ0v) is 11.6. The van der Waals surface area contributed by atoms with E-state index in [1.807, 2.05) is 12.1 Å². The van der Waals surface area contributed by atoms with E-state index in [1.165, 1.54) is 0 Å². The van der Waals surface area contributed by atoms with E-state index >= 15 is 0 Å². The maximum atomic E-state index is 12.5. The predicted octanol–water partition coefficient (Wildman–Crippen LogP) is 2.91. The van der Waals surface area contributed by atoms with Crippen LogP contribution < -0.4 is 10.6 Å². The van der Waals surface area contributed by atoms with Gasteiger partial charge >= 0.3 is 0 Å². The van der Waals surface area contributed by atoms with Crippen molar-refractivity contribution in [3.8, 4) is 0 Å². The summed E-state index contributed by atoms with van der Waals surface area (Å²) >= 11 is 5.83. The van der Waals surface area contributed by atoms with Gasteiger partial charge in [-0.05, 0) is 43.1 Å². The standard InChI is InChI=1S/C14H19ClN2O/c1-10(2)14(7-8-16-9-14)13(18)17-12-5-3-11(15)4-6-12/h3-6,10,16H,7-9H2,1-2H3,(H,17,18). The largest absolute Gasteiger partial charge is 0.326 e. The van der Waals surface area contributed by atoms with Gasteiger partial charge < -0.3 is 10.6 Å². The van der Waals surface area contributed by atoms with E-state index in [0.29, 0.717) is 10.9 Å². The van der Waals surface area contributed by atoms with Gasteiger partial charge in [-0.3, -0.25) is 4.79 Å². The van der Waals surface area contributed by atoms with E-state index < -0.39 is 0 Å². The minimum Gasteiger partial charge on any atom is -0.326 e. The Hall–Kier alpha value is -1.06. The Bertz CT molecular complexity index is 422. The zero-order chi connectivity index (χ0) is 13.2. The summed E-state index contributed by atoms with van der Waals surface area (Å²) in [5.41, 5.74) is 0.510. The van der Waals surface area contributed by atoms with Crippen molar-refractivity contribution in [3.63, 3.8) is 0 Å². The molecule has 1 fully saturated rings. The molecule has 1 aromatic rings. The van der Waals surface area contributed by atoms with Crippen molar-refractivity contribution in [1.29, 1.82) is 0 Å². The molecular weight excluding hydrogens is 248 g/mol. The second kappa shape index (κ2) is 5.29. The maximum Gasteiger partial charge on any atom is 0.232 e. The summed E-state index contributed by atoms with van der Waals surface area (Å²) in [5, 5.41) is 6.96. The van der Waals surface area contributed by atoms with Crippen LogP contribution >= 0.6 is 11.6 Å². The number of hydrogen-bond acceptors (Lipinski definition) is 2. The third kappa shape index (κ3) is 2.52. The van der Waals surface area contributed by atoms with Gasteiger partial charge in [-0.1, -0.05) is 25.4 Å². The third-order valence-electron chi connectivity index (χ3n) is 3.85. The molecule has 2 N–H and O–H groups in total. The van der Waals surface area contributed by atoms with Crippen molar-refractivity contribution >= 4 is 23.2 Å². The van der Waals surface area contributed by atoms with Crippen molar-refractivity contribution < 1.29 is 4.79 Å². The number of benzene rings is 1. The van der Waals surface area contributed by atoms with Gasteiger partial charge in [0.25, 0.3) is 0 Å². The molecular formula is C14H19ClN2O. The molecule has 1 unspecified atom stereocenters. The first kappa shape index (κ1) is 13.4. The minimum absolute atomic E-state index is 0.102. The van der Waals surface area contributed by atoms with Crippen LogP contribution in [0.3, 0.4) is 0 Å². The smallest absolute Gasteiger partial charge is 0.232 e. The van der Waals surface area contributed by atoms with Crippen molar-refractivity contribution in [3.05, 3.63) is 29.3 Å². The zero-order valence-electron chi connectivity index (χ0n) is 10.8. The normalized spacial score (nSPS) is 23.3. The minimum atomic E-state index is -0.292. The molecule has 0 radical (unpaired) electrons. The highest BCUT2D eigenvalue weighted by Gasteiger charge is 2.43. The Labute approximate surface area is 113 Å². The van der Waals surface area contributed by atoms with Gasteiger partial charge in [0.05, 0.1) is 5.41 Å². The van der Waals surface area contributed by atoms with E-state index in [9.17, 15) is 4.79 Å². The van der Waals surface area contributed by atoms with Crippen LogP contribution in [0.2, 0.25) is 5.02 Å². The van der Waals surface area contributed by atoms with Crippen LogP contribution in [0.5, 0.6) is 0 Å². The molecule has 0 bridgehead atoms. The first-order valence-corrected chi connectivity index (χ1v) is 6.70. The summed E-state index contributed by atoms with van der Waals surface area (Å²) in [4.78, 5) is 12.5. The fourth-order valence-corrected chi connectivity index (χ4v) is 2.57. The summed E-state index contributed by atoms with van der Waals surface area (Å²) in [6.07, 6.45) is 0.893. The van der Waals surface area contributed by atoms with Gasteiger partial charge in [0.2, 0.25) is 5.91 Å². The number of rotatable bonds is 3. The number of hydrogen-bond donors (Lipinski definition) is 2. The molecule has 1 aliphatic rings. The molecule has 1 saturated heterocycles. The van der Waals surface area contributed by atoms with Crippen LogP contribution in [0.25, 0.3) is 0 Å². The van der Waals surface area contributed by atoms with Crippen LogP contribution in [0, 0.1) is 11.3 Å². The van der Waals surface area contributed by atoms with Crippen LogP contribution in [-0.4, -0.2) is 19.0 Å². The Kier molecular flexibility index (Phi) is 3.93. The molecule has 4 heteroatoms. The summed E-state index contributed by atoms with van der Waals surface area (Å²) in [7, 11) is 0. The van der Waals surface area contributed by atoms with Crippen molar-refractivity contribution in [2.75, 3.05) is 18.4 Å². The Morgan fingerprint density at radius 2 is 2.06 bits per heavy atom. The van der Waals surface area contributed by atoms with Crippen molar-refractivity contribution in [1.82, 2.24) is 5.32 Å². The van der Waals surface area contributed by atoms with E-state index in [4.69, 9.17) is 11.6 Å². The summed E-state index contributed by atoms with van der Waals surface area (Å²) in [6, 6.07) is 7.23. The fraction of sp³-hybridized carbons (Fsp3) is 0.500. The molecule has 0 aromatic heterocycles. The lowest BCUT2D eigenvalue weighted by atomic mass is 9.75. The fourth-order valence-electron chi connectivity index (χ4n) is 2.45. The monoisotopic (exact) mass is 266 g/mol. The molecule has 2 rings (SSSR count). The molecule has 1 amide bonds. The SMILES string of the molecule is CC(C)C1(C(=O)Nc2ccc(Cl)cc2)CCNC1. The molecule has 1 aliphatic heterocycles. The summed E-state index contributed by atoms with van der Waals surface area (Å²) in [5.74, 6) is 0.421. The van der Waals surface area contributed by atoms with Gasteiger partial charge in [0.1, 0.15) is 0 Å². The van der Waals surface area contributed by atoms with Gasteiger partial charge in [0, 0.05) is 17.3 Å². The first-order valence-electron chi connectivity index (χ1n) is 6.32. The van der Waals surface area contributed by atoms with Gasteiger partial charge in [-0.15, -0.1) is 0 Å². The molecule has 0 spiro atoms. The molecule has 98 valence electrons. The van der Waals surface area contributed by atoms with Crippen LogP contribution in [0.4, 0.5) is 5.69 Å². The quantitative estimate of drug-likeness (QED) is 0.883. The average molecular weight is 267 g/mol. The summed E-state index contributed by atoms with van der Waals surface area (Å²) < 4.78 is 0. The number of carbonyl (C=O) groups excluding carboxylic acids is 1. The lowest BCUT2D eigenvalue weighted by Crippen LogP contribution is -2.42. The number of carbonyl (C=O) groups is 1. The first-order chi connectivity index (χ1) is 8.54. The lowest BCUT2D eigenvalue weighted by molar-refractivity contribution is -0.126. The van der Waals surface area contributed by atoms with E-state index in [1.54, 1.807) is 12.1 Å². The van der Waals surface area contributed by atoms with Crippen LogP contribution in [-0.2, 0) is 4.79 Å². The molecule has 0 saturated carbocycles. The highest BCUT2D eigenvalue weighted by molar-refractivity contribution is 6.30. The highest BCUT2D eigenvalue weighted by atomic mass is 35.5. The molecule has 3 nitrogen and oxygen atoms in total. The third-order valence-corrected chi connectivity index (χ3v) is 4.10. The maximum absolute atomic E-state index is 12.5. The second-order valence-electron chi connectivity index (χ2n) is 5.20. The van der Waals surface area contributed by atoms with E-state index in [2.05, 4.69) is 24.5 Å². The van der Waals surface area contributed by atoms with E-state index in [0.717, 1.165) is 25.2 Å². The molecule has 1 heterocycles. The van der Waals surface area contributed by atoms with Gasteiger partial charge in [-0.25, -0.2) is 0 Å². The van der Waals surface area contributed by atoms with Crippen LogP contribution in [0.15, 0.2) is 24.3 Å². The molecule has 1 atom stereocenters. The molecule has 0 aliphatic carbocycles. The van der Waals surface area contributed by atoms with Gasteiger partial charge in [-0.2, -0.15) is 0 Å². The Morgan fingerprint density at radius 1 is 1.39 bits per heavy atom. The predicted molar refractivity (Wildman–Crippen MR) is 74.8 cm³/mol. The van der Waals surface area contributed by atoms with Crippen LogP contribution in [0.1, 0.15) is 20.3 Å².